The fourth-order valence-electron chi connectivity index (χ4n) is 2.84. The first-order chi connectivity index (χ1) is 12.1. The first-order valence-electron chi connectivity index (χ1n) is 7.94. The van der Waals surface area contributed by atoms with Gasteiger partial charge in [-0.2, -0.15) is 0 Å². The van der Waals surface area contributed by atoms with Crippen molar-refractivity contribution in [1.29, 1.82) is 0 Å². The zero-order valence-corrected chi connectivity index (χ0v) is 14.5. The molecule has 0 saturated carbocycles. The molecule has 0 bridgehead atoms. The maximum absolute atomic E-state index is 12.3. The smallest absolute Gasteiger partial charge is 0.341 e. The van der Waals surface area contributed by atoms with Gasteiger partial charge in [0.15, 0.2) is 0 Å². The molecule has 1 amide bonds. The number of methoxy groups -OCH3 is 1. The molecule has 0 aliphatic carbocycles. The van der Waals surface area contributed by atoms with E-state index in [0.29, 0.717) is 35.9 Å². The Morgan fingerprint density at radius 2 is 1.92 bits per heavy atom. The number of hydrogen-bond acceptors (Lipinski definition) is 4. The van der Waals surface area contributed by atoms with E-state index in [2.05, 4.69) is 0 Å². The van der Waals surface area contributed by atoms with Crippen LogP contribution in [0.2, 0.25) is 5.02 Å². The Morgan fingerprint density at radius 3 is 2.64 bits per heavy atom. The summed E-state index contributed by atoms with van der Waals surface area (Å²) >= 11 is 5.89. The highest BCUT2D eigenvalue weighted by atomic mass is 35.5. The van der Waals surface area contributed by atoms with Crippen LogP contribution < -0.4 is 9.64 Å². The second-order valence-corrected chi connectivity index (χ2v) is 6.29. The number of ether oxygens (including phenoxy) is 2. The monoisotopic (exact) mass is 359 g/mol. The Balaban J connectivity index is 1.65. The van der Waals surface area contributed by atoms with Crippen molar-refractivity contribution < 1.29 is 19.1 Å². The van der Waals surface area contributed by atoms with Crippen LogP contribution in [0.1, 0.15) is 16.8 Å². The Hall–Kier alpha value is -2.53. The number of hydrogen-bond donors (Lipinski definition) is 0. The molecule has 0 N–H and O–H groups in total. The number of anilines is 1. The number of para-hydroxylation sites is 1. The zero-order chi connectivity index (χ0) is 17.8. The third kappa shape index (κ3) is 3.94. The van der Waals surface area contributed by atoms with Gasteiger partial charge in [-0.3, -0.25) is 4.79 Å². The van der Waals surface area contributed by atoms with E-state index < -0.39 is 5.97 Å². The van der Waals surface area contributed by atoms with Crippen LogP contribution in [-0.2, 0) is 9.53 Å². The van der Waals surface area contributed by atoms with Crippen LogP contribution in [0.15, 0.2) is 48.5 Å². The molecule has 130 valence electrons. The van der Waals surface area contributed by atoms with Crippen molar-refractivity contribution in [2.45, 2.75) is 6.42 Å². The summed E-state index contributed by atoms with van der Waals surface area (Å²) in [5.41, 5.74) is 1.20. The maximum Gasteiger partial charge on any atom is 0.341 e. The summed E-state index contributed by atoms with van der Waals surface area (Å²) in [5, 5.41) is 0.634. The standard InChI is InChI=1S/C19H18ClNO4/c1-24-19(23)16-4-2-3-5-17(16)25-12-13-10-18(22)21(11-13)15-8-6-14(20)7-9-15/h2-9,13H,10-12H2,1H3. The van der Waals surface area contributed by atoms with Crippen LogP contribution >= 0.6 is 11.6 Å². The summed E-state index contributed by atoms with van der Waals surface area (Å²) in [5.74, 6) is 0.124. The largest absolute Gasteiger partial charge is 0.492 e. The fraction of sp³-hybridized carbons (Fsp3) is 0.263. The van der Waals surface area contributed by atoms with Crippen molar-refractivity contribution in [3.63, 3.8) is 0 Å². The number of halogens is 1. The molecule has 1 aliphatic rings. The topological polar surface area (TPSA) is 55.8 Å². The number of carbonyl (C=O) groups excluding carboxylic acids is 2. The van der Waals surface area contributed by atoms with Crippen LogP contribution in [0, 0.1) is 5.92 Å². The fourth-order valence-corrected chi connectivity index (χ4v) is 2.97. The molecule has 2 aromatic carbocycles. The first-order valence-corrected chi connectivity index (χ1v) is 8.32. The minimum Gasteiger partial charge on any atom is -0.492 e. The van der Waals surface area contributed by atoms with Crippen molar-refractivity contribution in [2.75, 3.05) is 25.2 Å². The molecule has 25 heavy (non-hydrogen) atoms. The van der Waals surface area contributed by atoms with Crippen molar-refractivity contribution in [3.05, 3.63) is 59.1 Å². The van der Waals surface area contributed by atoms with Gasteiger partial charge < -0.3 is 14.4 Å². The number of carbonyl (C=O) groups is 2. The Kier molecular flexibility index (Phi) is 5.24. The van der Waals surface area contributed by atoms with Gasteiger partial charge >= 0.3 is 5.97 Å². The highest BCUT2D eigenvalue weighted by Gasteiger charge is 2.31. The van der Waals surface area contributed by atoms with Crippen molar-refractivity contribution in [3.8, 4) is 5.75 Å². The molecular formula is C19H18ClNO4. The second-order valence-electron chi connectivity index (χ2n) is 5.85. The molecule has 1 saturated heterocycles. The molecule has 5 nitrogen and oxygen atoms in total. The molecule has 1 atom stereocenters. The van der Waals surface area contributed by atoms with E-state index in [0.717, 1.165) is 5.69 Å². The van der Waals surface area contributed by atoms with Crippen LogP contribution in [0.3, 0.4) is 0 Å². The number of esters is 1. The Labute approximate surface area is 151 Å². The van der Waals surface area contributed by atoms with Gasteiger partial charge in [-0.25, -0.2) is 4.79 Å². The number of benzene rings is 2. The van der Waals surface area contributed by atoms with Crippen LogP contribution in [-0.4, -0.2) is 32.1 Å². The lowest BCUT2D eigenvalue weighted by atomic mass is 10.1. The lowest BCUT2D eigenvalue weighted by Gasteiger charge is -2.17. The Bertz CT molecular complexity index is 775. The Morgan fingerprint density at radius 1 is 1.20 bits per heavy atom. The molecule has 1 unspecified atom stereocenters. The molecule has 6 heteroatoms. The minimum atomic E-state index is -0.444. The molecule has 2 aromatic rings. The summed E-state index contributed by atoms with van der Waals surface area (Å²) in [6, 6.07) is 14.1. The van der Waals surface area contributed by atoms with Gasteiger partial charge in [0.1, 0.15) is 11.3 Å². The third-order valence-corrected chi connectivity index (χ3v) is 4.36. The van der Waals surface area contributed by atoms with E-state index in [1.165, 1.54) is 7.11 Å². The van der Waals surface area contributed by atoms with E-state index in [1.807, 2.05) is 12.1 Å². The summed E-state index contributed by atoms with van der Waals surface area (Å²) < 4.78 is 10.6. The van der Waals surface area contributed by atoms with E-state index in [9.17, 15) is 9.59 Å². The lowest BCUT2D eigenvalue weighted by Crippen LogP contribution is -2.25. The molecule has 0 radical (unpaired) electrons. The average Bonchev–Trinajstić information content (AvgIpc) is 3.01. The minimum absolute atomic E-state index is 0.0499. The van der Waals surface area contributed by atoms with E-state index in [4.69, 9.17) is 21.1 Å². The third-order valence-electron chi connectivity index (χ3n) is 4.11. The van der Waals surface area contributed by atoms with Gasteiger partial charge in [0.05, 0.1) is 13.7 Å². The summed E-state index contributed by atoms with van der Waals surface area (Å²) in [6.45, 7) is 0.921. The maximum atomic E-state index is 12.3. The van der Waals surface area contributed by atoms with Crippen LogP contribution in [0.25, 0.3) is 0 Å². The van der Waals surface area contributed by atoms with Crippen LogP contribution in [0.4, 0.5) is 5.69 Å². The van der Waals surface area contributed by atoms with Gasteiger partial charge in [-0.05, 0) is 36.4 Å². The highest BCUT2D eigenvalue weighted by Crippen LogP contribution is 2.27. The molecule has 1 aliphatic heterocycles. The van der Waals surface area contributed by atoms with Gasteiger partial charge in [0.2, 0.25) is 5.91 Å². The normalized spacial score (nSPS) is 16.8. The van der Waals surface area contributed by atoms with Crippen molar-refractivity contribution in [1.82, 2.24) is 0 Å². The molecule has 1 fully saturated rings. The average molecular weight is 360 g/mol. The lowest BCUT2D eigenvalue weighted by molar-refractivity contribution is -0.117. The molecule has 0 aromatic heterocycles. The predicted molar refractivity (Wildman–Crippen MR) is 95.2 cm³/mol. The summed E-state index contributed by atoms with van der Waals surface area (Å²) in [4.78, 5) is 25.8. The van der Waals surface area contributed by atoms with Gasteiger partial charge in [0.25, 0.3) is 0 Å². The van der Waals surface area contributed by atoms with Crippen molar-refractivity contribution in [2.24, 2.45) is 5.92 Å². The summed E-state index contributed by atoms with van der Waals surface area (Å²) in [7, 11) is 1.33. The van der Waals surface area contributed by atoms with Crippen molar-refractivity contribution >= 4 is 29.2 Å². The molecule has 1 heterocycles. The SMILES string of the molecule is COC(=O)c1ccccc1OCC1CC(=O)N(c2ccc(Cl)cc2)C1. The second kappa shape index (κ2) is 7.57. The molecule has 3 rings (SSSR count). The number of nitrogens with zero attached hydrogens (tertiary/aromatic N) is 1. The molecule has 0 spiro atoms. The molecular weight excluding hydrogens is 342 g/mol. The zero-order valence-electron chi connectivity index (χ0n) is 13.8. The summed E-state index contributed by atoms with van der Waals surface area (Å²) in [6.07, 6.45) is 0.406. The number of amides is 1. The first kappa shape index (κ1) is 17.3. The predicted octanol–water partition coefficient (Wildman–Crippen LogP) is 3.56. The van der Waals surface area contributed by atoms with Crippen LogP contribution in [0.5, 0.6) is 5.75 Å². The number of rotatable bonds is 5. The van der Waals surface area contributed by atoms with E-state index >= 15 is 0 Å². The van der Waals surface area contributed by atoms with Gasteiger partial charge in [0, 0.05) is 29.6 Å². The van der Waals surface area contributed by atoms with Gasteiger partial charge in [-0.1, -0.05) is 23.7 Å². The quantitative estimate of drug-likeness (QED) is 0.766. The van der Waals surface area contributed by atoms with E-state index in [1.54, 1.807) is 41.3 Å². The van der Waals surface area contributed by atoms with E-state index in [-0.39, 0.29) is 11.8 Å². The highest BCUT2D eigenvalue weighted by molar-refractivity contribution is 6.30. The van der Waals surface area contributed by atoms with Gasteiger partial charge in [-0.15, -0.1) is 0 Å².